The van der Waals surface area contributed by atoms with Gasteiger partial charge in [-0.25, -0.2) is 0 Å². The Morgan fingerprint density at radius 2 is 2.00 bits per heavy atom. The van der Waals surface area contributed by atoms with Crippen LogP contribution in [0.25, 0.3) is 0 Å². The summed E-state index contributed by atoms with van der Waals surface area (Å²) in [7, 11) is 1.68. The van der Waals surface area contributed by atoms with Gasteiger partial charge in [-0.2, -0.15) is 0 Å². The molecule has 1 atom stereocenters. The number of carbonyl (C=O) groups excluding carboxylic acids is 1. The smallest absolute Gasteiger partial charge is 0.241 e. The predicted octanol–water partition coefficient (Wildman–Crippen LogP) is 1.62. The first-order chi connectivity index (χ1) is 7.81. The van der Waals surface area contributed by atoms with Crippen LogP contribution in [-0.4, -0.2) is 19.0 Å². The number of hydrogen-bond donors (Lipinski definition) is 2. The quantitative estimate of drug-likeness (QED) is 0.806. The predicted molar refractivity (Wildman–Crippen MR) is 64.0 cm³/mol. The van der Waals surface area contributed by atoms with Crippen molar-refractivity contribution in [2.75, 3.05) is 7.05 Å². The highest BCUT2D eigenvalue weighted by Gasteiger charge is 2.25. The third-order valence-corrected chi connectivity index (χ3v) is 3.15. The molecule has 86 valence electrons. The number of rotatable bonds is 4. The molecule has 0 heterocycles. The molecule has 1 aromatic rings. The number of hydrogen-bond acceptors (Lipinski definition) is 2. The van der Waals surface area contributed by atoms with Gasteiger partial charge in [-0.3, -0.25) is 10.1 Å². The lowest BCUT2D eigenvalue weighted by Gasteiger charge is -2.31. The van der Waals surface area contributed by atoms with E-state index in [4.69, 9.17) is 0 Å². The summed E-state index contributed by atoms with van der Waals surface area (Å²) in [6, 6.07) is 10.2. The molecule has 1 aliphatic rings. The van der Waals surface area contributed by atoms with Crippen LogP contribution in [-0.2, 0) is 4.79 Å². The van der Waals surface area contributed by atoms with Crippen molar-refractivity contribution in [2.45, 2.75) is 31.3 Å². The molecule has 0 saturated heterocycles. The van der Waals surface area contributed by atoms with Crippen molar-refractivity contribution in [2.24, 2.45) is 0 Å². The summed E-state index contributed by atoms with van der Waals surface area (Å²) in [5.41, 5.74) is 1.04. The standard InChI is InChI=1S/C13H18N2O/c1-14-13(16)12(15-11-8-5-9-11)10-6-3-2-4-7-10/h2-4,6-7,11-12,15H,5,8-9H2,1H3,(H,14,16). The van der Waals surface area contributed by atoms with Crippen LogP contribution in [0.2, 0.25) is 0 Å². The molecule has 0 spiro atoms. The van der Waals surface area contributed by atoms with E-state index >= 15 is 0 Å². The lowest BCUT2D eigenvalue weighted by molar-refractivity contribution is -0.123. The van der Waals surface area contributed by atoms with Gasteiger partial charge >= 0.3 is 0 Å². The van der Waals surface area contributed by atoms with Gasteiger partial charge in [-0.15, -0.1) is 0 Å². The van der Waals surface area contributed by atoms with Crippen molar-refractivity contribution in [3.8, 4) is 0 Å². The van der Waals surface area contributed by atoms with Gasteiger partial charge in [0.1, 0.15) is 6.04 Å². The van der Waals surface area contributed by atoms with Crippen LogP contribution in [0.5, 0.6) is 0 Å². The summed E-state index contributed by atoms with van der Waals surface area (Å²) in [6.07, 6.45) is 3.63. The second-order valence-electron chi connectivity index (χ2n) is 4.25. The normalized spacial score (nSPS) is 17.6. The van der Waals surface area contributed by atoms with E-state index in [2.05, 4.69) is 10.6 Å². The second kappa shape index (κ2) is 5.12. The molecule has 0 aliphatic heterocycles. The zero-order chi connectivity index (χ0) is 11.4. The number of likely N-dealkylation sites (N-methyl/N-ethyl adjacent to an activating group) is 1. The van der Waals surface area contributed by atoms with Crippen LogP contribution in [0.15, 0.2) is 30.3 Å². The fourth-order valence-electron chi connectivity index (χ4n) is 1.92. The Balaban J connectivity index is 2.10. The van der Waals surface area contributed by atoms with E-state index in [1.54, 1.807) is 7.05 Å². The van der Waals surface area contributed by atoms with Crippen LogP contribution >= 0.6 is 0 Å². The minimum Gasteiger partial charge on any atom is -0.358 e. The maximum absolute atomic E-state index is 11.8. The van der Waals surface area contributed by atoms with E-state index < -0.39 is 0 Å². The molecule has 0 radical (unpaired) electrons. The van der Waals surface area contributed by atoms with Crippen molar-refractivity contribution in [1.82, 2.24) is 10.6 Å². The molecule has 1 saturated carbocycles. The highest BCUT2D eigenvalue weighted by Crippen LogP contribution is 2.23. The van der Waals surface area contributed by atoms with Gasteiger partial charge in [0.15, 0.2) is 0 Å². The third kappa shape index (κ3) is 2.42. The first kappa shape index (κ1) is 11.1. The van der Waals surface area contributed by atoms with E-state index in [0.717, 1.165) is 5.56 Å². The number of amides is 1. The van der Waals surface area contributed by atoms with Crippen LogP contribution in [0, 0.1) is 0 Å². The molecular formula is C13H18N2O. The fourth-order valence-corrected chi connectivity index (χ4v) is 1.92. The van der Waals surface area contributed by atoms with Crippen molar-refractivity contribution < 1.29 is 4.79 Å². The summed E-state index contributed by atoms with van der Waals surface area (Å²) in [5, 5.41) is 6.12. The zero-order valence-electron chi connectivity index (χ0n) is 9.57. The van der Waals surface area contributed by atoms with Crippen molar-refractivity contribution in [3.05, 3.63) is 35.9 Å². The molecule has 2 N–H and O–H groups in total. The van der Waals surface area contributed by atoms with Gasteiger partial charge < -0.3 is 5.32 Å². The molecule has 16 heavy (non-hydrogen) atoms. The average Bonchev–Trinajstić information content (AvgIpc) is 2.28. The summed E-state index contributed by atoms with van der Waals surface area (Å²) in [4.78, 5) is 11.8. The van der Waals surface area contributed by atoms with Crippen LogP contribution in [0.1, 0.15) is 30.9 Å². The molecular weight excluding hydrogens is 200 g/mol. The lowest BCUT2D eigenvalue weighted by atomic mass is 9.91. The number of carbonyl (C=O) groups is 1. The van der Waals surface area contributed by atoms with Crippen molar-refractivity contribution in [1.29, 1.82) is 0 Å². The lowest BCUT2D eigenvalue weighted by Crippen LogP contribution is -2.44. The molecule has 1 amide bonds. The Morgan fingerprint density at radius 1 is 1.31 bits per heavy atom. The molecule has 0 bridgehead atoms. The SMILES string of the molecule is CNC(=O)C(NC1CCC1)c1ccccc1. The van der Waals surface area contributed by atoms with Gasteiger partial charge in [0.05, 0.1) is 0 Å². The maximum atomic E-state index is 11.8. The van der Waals surface area contributed by atoms with E-state index in [1.165, 1.54) is 19.3 Å². The molecule has 3 heteroatoms. The van der Waals surface area contributed by atoms with Crippen LogP contribution < -0.4 is 10.6 Å². The largest absolute Gasteiger partial charge is 0.358 e. The highest BCUT2D eigenvalue weighted by atomic mass is 16.2. The van der Waals surface area contributed by atoms with Crippen LogP contribution in [0.3, 0.4) is 0 Å². The Kier molecular flexibility index (Phi) is 3.57. The van der Waals surface area contributed by atoms with E-state index in [1.807, 2.05) is 30.3 Å². The summed E-state index contributed by atoms with van der Waals surface area (Å²) < 4.78 is 0. The van der Waals surface area contributed by atoms with Gasteiger partial charge in [-0.05, 0) is 18.4 Å². The number of nitrogens with one attached hydrogen (secondary N) is 2. The highest BCUT2D eigenvalue weighted by molar-refractivity contribution is 5.82. The third-order valence-electron chi connectivity index (χ3n) is 3.15. The second-order valence-corrected chi connectivity index (χ2v) is 4.25. The average molecular weight is 218 g/mol. The summed E-state index contributed by atoms with van der Waals surface area (Å²) >= 11 is 0. The Labute approximate surface area is 96.2 Å². The van der Waals surface area contributed by atoms with Crippen molar-refractivity contribution in [3.63, 3.8) is 0 Å². The minimum atomic E-state index is -0.212. The van der Waals surface area contributed by atoms with Gasteiger partial charge in [0, 0.05) is 13.1 Å². The van der Waals surface area contributed by atoms with E-state index in [0.29, 0.717) is 6.04 Å². The first-order valence-corrected chi connectivity index (χ1v) is 5.84. The van der Waals surface area contributed by atoms with Gasteiger partial charge in [0.2, 0.25) is 5.91 Å². The molecule has 0 aromatic heterocycles. The van der Waals surface area contributed by atoms with E-state index in [-0.39, 0.29) is 11.9 Å². The Morgan fingerprint density at radius 3 is 2.50 bits per heavy atom. The molecule has 1 unspecified atom stereocenters. The monoisotopic (exact) mass is 218 g/mol. The molecule has 3 nitrogen and oxygen atoms in total. The Bertz CT molecular complexity index is 346. The van der Waals surface area contributed by atoms with Crippen LogP contribution in [0.4, 0.5) is 0 Å². The molecule has 2 rings (SSSR count). The Hall–Kier alpha value is -1.35. The molecule has 1 fully saturated rings. The van der Waals surface area contributed by atoms with Gasteiger partial charge in [-0.1, -0.05) is 36.8 Å². The van der Waals surface area contributed by atoms with E-state index in [9.17, 15) is 4.79 Å². The molecule has 1 aromatic carbocycles. The maximum Gasteiger partial charge on any atom is 0.241 e. The van der Waals surface area contributed by atoms with Gasteiger partial charge in [0.25, 0.3) is 0 Å². The fraction of sp³-hybridized carbons (Fsp3) is 0.462. The first-order valence-electron chi connectivity index (χ1n) is 5.84. The minimum absolute atomic E-state index is 0.0399. The number of benzene rings is 1. The molecule has 1 aliphatic carbocycles. The van der Waals surface area contributed by atoms with Crippen molar-refractivity contribution >= 4 is 5.91 Å². The zero-order valence-corrected chi connectivity index (χ0v) is 9.57. The topological polar surface area (TPSA) is 41.1 Å². The summed E-state index contributed by atoms with van der Waals surface area (Å²) in [5.74, 6) is 0.0399. The summed E-state index contributed by atoms with van der Waals surface area (Å²) in [6.45, 7) is 0.